The van der Waals surface area contributed by atoms with E-state index in [2.05, 4.69) is 4.74 Å². The van der Waals surface area contributed by atoms with E-state index >= 15 is 0 Å². The van der Waals surface area contributed by atoms with Crippen LogP contribution in [0.25, 0.3) is 0 Å². The molecule has 0 aromatic rings. The summed E-state index contributed by atoms with van der Waals surface area (Å²) in [5.41, 5.74) is 0. The second-order valence-electron chi connectivity index (χ2n) is 3.52. The van der Waals surface area contributed by atoms with Crippen molar-refractivity contribution in [3.63, 3.8) is 0 Å². The van der Waals surface area contributed by atoms with Gasteiger partial charge in [0.15, 0.2) is 0 Å². The van der Waals surface area contributed by atoms with Crippen LogP contribution in [-0.4, -0.2) is 24.6 Å². The van der Waals surface area contributed by atoms with Gasteiger partial charge in [0.1, 0.15) is 11.6 Å². The Morgan fingerprint density at radius 1 is 1.43 bits per heavy atom. The molecular formula is C10H14O4. The fourth-order valence-corrected chi connectivity index (χ4v) is 1.61. The van der Waals surface area contributed by atoms with Crippen LogP contribution in [0.2, 0.25) is 0 Å². The maximum atomic E-state index is 11.3. The van der Waals surface area contributed by atoms with Gasteiger partial charge < -0.3 is 4.74 Å². The summed E-state index contributed by atoms with van der Waals surface area (Å²) in [7, 11) is 1.32. The normalized spacial score (nSPS) is 22.2. The van der Waals surface area contributed by atoms with Crippen molar-refractivity contribution in [2.24, 2.45) is 5.92 Å². The number of Topliss-reactive ketones (excluding diaryl/α,β-unsaturated/α-hetero) is 2. The Bertz CT molecular complexity index is 257. The first-order valence-electron chi connectivity index (χ1n) is 4.74. The standard InChI is InChI=1S/C10H14O4/c1-14-10(13)5-2-7-6-8(11)3-4-9(7)12/h7H,2-6H2,1H3. The zero-order valence-electron chi connectivity index (χ0n) is 8.25. The fraction of sp³-hybridized carbons (Fsp3) is 0.700. The predicted octanol–water partition coefficient (Wildman–Crippen LogP) is 0.878. The van der Waals surface area contributed by atoms with Crippen molar-refractivity contribution >= 4 is 17.5 Å². The molecule has 1 unspecified atom stereocenters. The molecule has 1 aliphatic carbocycles. The third-order valence-electron chi connectivity index (χ3n) is 2.50. The molecule has 0 heterocycles. The minimum Gasteiger partial charge on any atom is -0.469 e. The van der Waals surface area contributed by atoms with Gasteiger partial charge in [0.2, 0.25) is 0 Å². The summed E-state index contributed by atoms with van der Waals surface area (Å²) in [4.78, 5) is 33.2. The van der Waals surface area contributed by atoms with Crippen molar-refractivity contribution in [2.75, 3.05) is 7.11 Å². The third-order valence-corrected chi connectivity index (χ3v) is 2.50. The molecule has 1 atom stereocenters. The third kappa shape index (κ3) is 2.94. The molecule has 0 aromatic carbocycles. The first-order valence-corrected chi connectivity index (χ1v) is 4.74. The largest absolute Gasteiger partial charge is 0.469 e. The molecule has 1 aliphatic rings. The van der Waals surface area contributed by atoms with E-state index in [1.54, 1.807) is 0 Å². The lowest BCUT2D eigenvalue weighted by Crippen LogP contribution is -2.25. The fourth-order valence-electron chi connectivity index (χ4n) is 1.61. The van der Waals surface area contributed by atoms with Gasteiger partial charge in [-0.25, -0.2) is 0 Å². The van der Waals surface area contributed by atoms with Crippen molar-refractivity contribution in [3.8, 4) is 0 Å². The van der Waals surface area contributed by atoms with E-state index in [1.165, 1.54) is 7.11 Å². The zero-order chi connectivity index (χ0) is 10.6. The van der Waals surface area contributed by atoms with Crippen molar-refractivity contribution in [2.45, 2.75) is 32.1 Å². The molecule has 14 heavy (non-hydrogen) atoms. The van der Waals surface area contributed by atoms with E-state index in [1.807, 2.05) is 0 Å². The summed E-state index contributed by atoms with van der Waals surface area (Å²) in [6.45, 7) is 0. The van der Waals surface area contributed by atoms with Gasteiger partial charge in [0.25, 0.3) is 0 Å². The monoisotopic (exact) mass is 198 g/mol. The van der Waals surface area contributed by atoms with Gasteiger partial charge in [-0.05, 0) is 6.42 Å². The van der Waals surface area contributed by atoms with Crippen molar-refractivity contribution in [1.29, 1.82) is 0 Å². The summed E-state index contributed by atoms with van der Waals surface area (Å²) in [6, 6.07) is 0. The first-order chi connectivity index (χ1) is 6.63. The minimum absolute atomic E-state index is 0.105. The minimum atomic E-state index is -0.323. The van der Waals surface area contributed by atoms with Gasteiger partial charge in [-0.2, -0.15) is 0 Å². The lowest BCUT2D eigenvalue weighted by atomic mass is 9.84. The zero-order valence-corrected chi connectivity index (χ0v) is 8.25. The number of ether oxygens (including phenoxy) is 1. The highest BCUT2D eigenvalue weighted by atomic mass is 16.5. The van der Waals surface area contributed by atoms with E-state index < -0.39 is 0 Å². The molecule has 4 heteroatoms. The van der Waals surface area contributed by atoms with Gasteiger partial charge in [0, 0.05) is 31.6 Å². The lowest BCUT2D eigenvalue weighted by Gasteiger charge is -2.18. The quantitative estimate of drug-likeness (QED) is 0.631. The number of esters is 1. The van der Waals surface area contributed by atoms with Crippen LogP contribution >= 0.6 is 0 Å². The van der Waals surface area contributed by atoms with Crippen LogP contribution in [0.1, 0.15) is 32.1 Å². The van der Waals surface area contributed by atoms with E-state index in [0.717, 1.165) is 0 Å². The molecule has 0 saturated heterocycles. The Kier molecular flexibility index (Phi) is 3.80. The summed E-state index contributed by atoms with van der Waals surface area (Å²) in [6.07, 6.45) is 1.67. The molecule has 0 radical (unpaired) electrons. The van der Waals surface area contributed by atoms with Crippen LogP contribution < -0.4 is 0 Å². The van der Waals surface area contributed by atoms with Gasteiger partial charge in [-0.15, -0.1) is 0 Å². The number of ketones is 2. The van der Waals surface area contributed by atoms with E-state index in [0.29, 0.717) is 25.7 Å². The maximum Gasteiger partial charge on any atom is 0.305 e. The molecule has 0 bridgehead atoms. The lowest BCUT2D eigenvalue weighted by molar-refractivity contribution is -0.141. The molecule has 1 fully saturated rings. The van der Waals surface area contributed by atoms with E-state index in [4.69, 9.17) is 0 Å². The van der Waals surface area contributed by atoms with Gasteiger partial charge >= 0.3 is 5.97 Å². The van der Waals surface area contributed by atoms with E-state index in [9.17, 15) is 14.4 Å². The average molecular weight is 198 g/mol. The Morgan fingerprint density at radius 2 is 2.14 bits per heavy atom. The average Bonchev–Trinajstić information content (AvgIpc) is 2.19. The Hall–Kier alpha value is -1.19. The van der Waals surface area contributed by atoms with Gasteiger partial charge in [-0.1, -0.05) is 0 Å². The highest BCUT2D eigenvalue weighted by Gasteiger charge is 2.27. The summed E-state index contributed by atoms with van der Waals surface area (Å²) < 4.78 is 4.47. The molecule has 78 valence electrons. The van der Waals surface area contributed by atoms with Crippen molar-refractivity contribution in [3.05, 3.63) is 0 Å². The van der Waals surface area contributed by atoms with Crippen LogP contribution in [0.3, 0.4) is 0 Å². The molecular weight excluding hydrogens is 184 g/mol. The Labute approximate surface area is 82.6 Å². The number of hydrogen-bond donors (Lipinski definition) is 0. The van der Waals surface area contributed by atoms with E-state index in [-0.39, 0.29) is 29.9 Å². The molecule has 4 nitrogen and oxygen atoms in total. The number of rotatable bonds is 3. The highest BCUT2D eigenvalue weighted by molar-refractivity contribution is 5.94. The second-order valence-corrected chi connectivity index (χ2v) is 3.52. The summed E-state index contributed by atoms with van der Waals surface area (Å²) in [5, 5.41) is 0. The number of carbonyl (C=O) groups is 3. The van der Waals surface area contributed by atoms with Crippen LogP contribution in [-0.2, 0) is 19.1 Å². The predicted molar refractivity (Wildman–Crippen MR) is 48.6 cm³/mol. The molecule has 0 aromatic heterocycles. The number of carbonyl (C=O) groups excluding carboxylic acids is 3. The SMILES string of the molecule is COC(=O)CCC1CC(=O)CCC1=O. The van der Waals surface area contributed by atoms with Gasteiger partial charge in [0.05, 0.1) is 7.11 Å². The van der Waals surface area contributed by atoms with Crippen LogP contribution in [0.4, 0.5) is 0 Å². The molecule has 0 aliphatic heterocycles. The topological polar surface area (TPSA) is 60.4 Å². The molecule has 0 spiro atoms. The number of methoxy groups -OCH3 is 1. The molecule has 0 N–H and O–H groups in total. The highest BCUT2D eigenvalue weighted by Crippen LogP contribution is 2.22. The van der Waals surface area contributed by atoms with Crippen molar-refractivity contribution < 1.29 is 19.1 Å². The Balaban J connectivity index is 2.38. The Morgan fingerprint density at radius 3 is 2.79 bits per heavy atom. The molecule has 1 rings (SSSR count). The summed E-state index contributed by atoms with van der Waals surface area (Å²) >= 11 is 0. The molecule has 0 amide bonds. The van der Waals surface area contributed by atoms with Crippen LogP contribution in [0.15, 0.2) is 0 Å². The van der Waals surface area contributed by atoms with Crippen LogP contribution in [0, 0.1) is 5.92 Å². The number of hydrogen-bond acceptors (Lipinski definition) is 4. The van der Waals surface area contributed by atoms with Crippen molar-refractivity contribution in [1.82, 2.24) is 0 Å². The first kappa shape index (κ1) is 10.9. The van der Waals surface area contributed by atoms with Gasteiger partial charge in [-0.3, -0.25) is 14.4 Å². The summed E-state index contributed by atoms with van der Waals surface area (Å²) in [5.74, 6) is -0.348. The maximum absolute atomic E-state index is 11.3. The smallest absolute Gasteiger partial charge is 0.305 e. The van der Waals surface area contributed by atoms with Crippen LogP contribution in [0.5, 0.6) is 0 Å². The molecule has 1 saturated carbocycles. The second kappa shape index (κ2) is 4.88.